The molecule has 1 amide bonds. The van der Waals surface area contributed by atoms with E-state index in [2.05, 4.69) is 4.99 Å². The third kappa shape index (κ3) is 3.85. The smallest absolute Gasteiger partial charge is 0.331 e. The molecule has 3 aromatic carbocycles. The van der Waals surface area contributed by atoms with E-state index in [0.717, 1.165) is 4.70 Å². The van der Waals surface area contributed by atoms with Gasteiger partial charge in [-0.05, 0) is 35.9 Å². The summed E-state index contributed by atoms with van der Waals surface area (Å²) in [5, 5.41) is 10.4. The van der Waals surface area contributed by atoms with Crippen LogP contribution >= 0.6 is 22.9 Å². The highest BCUT2D eigenvalue weighted by atomic mass is 35.5. The minimum absolute atomic E-state index is 0.312. The maximum absolute atomic E-state index is 12.7. The molecule has 1 heterocycles. The summed E-state index contributed by atoms with van der Waals surface area (Å²) in [5.41, 5.74) is 1.64. The van der Waals surface area contributed by atoms with Gasteiger partial charge in [0.05, 0.1) is 10.2 Å². The maximum Gasteiger partial charge on any atom is 0.331 e. The minimum atomic E-state index is -1.03. The van der Waals surface area contributed by atoms with Crippen molar-refractivity contribution in [2.75, 3.05) is 0 Å². The van der Waals surface area contributed by atoms with Gasteiger partial charge in [-0.15, -0.1) is 0 Å². The Labute approximate surface area is 175 Å². The number of halogens is 1. The predicted octanol–water partition coefficient (Wildman–Crippen LogP) is 4.77. The average molecular weight is 423 g/mol. The number of amides is 1. The lowest BCUT2D eigenvalue weighted by Gasteiger charge is -2.16. The molecule has 0 radical (unpaired) electrons. The molecule has 7 heteroatoms. The Hall–Kier alpha value is -3.22. The monoisotopic (exact) mass is 422 g/mol. The first kappa shape index (κ1) is 19.1. The van der Waals surface area contributed by atoms with Gasteiger partial charge in [0.15, 0.2) is 10.8 Å². The third-order valence-electron chi connectivity index (χ3n) is 4.41. The van der Waals surface area contributed by atoms with Crippen LogP contribution in [0.5, 0.6) is 0 Å². The molecule has 1 atom stereocenters. The Balaban J connectivity index is 1.96. The molecule has 0 spiro atoms. The third-order valence-corrected chi connectivity index (χ3v) is 5.68. The molecule has 1 unspecified atom stereocenters. The minimum Gasteiger partial charge on any atom is -0.479 e. The summed E-state index contributed by atoms with van der Waals surface area (Å²) in [4.78, 5) is 29.5. The Morgan fingerprint density at radius 3 is 2.41 bits per heavy atom. The van der Waals surface area contributed by atoms with Gasteiger partial charge < -0.3 is 5.11 Å². The van der Waals surface area contributed by atoms with E-state index in [1.54, 1.807) is 47.0 Å². The molecule has 1 N–H and O–H groups in total. The fraction of sp³-hybridized carbons (Fsp3) is 0.0455. The van der Waals surface area contributed by atoms with Crippen LogP contribution in [0.1, 0.15) is 22.0 Å². The van der Waals surface area contributed by atoms with Gasteiger partial charge in [0.2, 0.25) is 0 Å². The topological polar surface area (TPSA) is 71.7 Å². The van der Waals surface area contributed by atoms with E-state index in [-0.39, 0.29) is 0 Å². The largest absolute Gasteiger partial charge is 0.479 e. The number of aromatic nitrogens is 1. The van der Waals surface area contributed by atoms with E-state index < -0.39 is 17.9 Å². The van der Waals surface area contributed by atoms with Crippen LogP contribution in [-0.2, 0) is 4.79 Å². The molecule has 0 aliphatic rings. The first-order valence-electron chi connectivity index (χ1n) is 8.77. The number of carbonyl (C=O) groups excluding carboxylic acids is 1. The van der Waals surface area contributed by atoms with Crippen LogP contribution in [0.25, 0.3) is 10.2 Å². The second-order valence-corrected chi connectivity index (χ2v) is 7.75. The SMILES string of the molecule is O=C(N=c1sc2ccccc2n1C(C(=O)O)c1ccccc1)c1cccc(Cl)c1. The number of benzene rings is 3. The number of fused-ring (bicyclic) bond motifs is 1. The number of nitrogens with zero attached hydrogens (tertiary/aromatic N) is 2. The first-order chi connectivity index (χ1) is 14.0. The zero-order chi connectivity index (χ0) is 20.4. The molecule has 0 aliphatic carbocycles. The molecule has 0 saturated carbocycles. The van der Waals surface area contributed by atoms with E-state index in [1.165, 1.54) is 17.4 Å². The lowest BCUT2D eigenvalue weighted by Crippen LogP contribution is -2.28. The Morgan fingerprint density at radius 2 is 1.69 bits per heavy atom. The zero-order valence-corrected chi connectivity index (χ0v) is 16.6. The fourth-order valence-electron chi connectivity index (χ4n) is 3.13. The molecular formula is C22H15ClN2O3S. The zero-order valence-electron chi connectivity index (χ0n) is 15.0. The van der Waals surface area contributed by atoms with Crippen molar-refractivity contribution >= 4 is 45.0 Å². The number of hydrogen-bond acceptors (Lipinski definition) is 3. The first-order valence-corrected chi connectivity index (χ1v) is 9.96. The predicted molar refractivity (Wildman–Crippen MR) is 113 cm³/mol. The molecular weight excluding hydrogens is 408 g/mol. The molecule has 4 aromatic rings. The maximum atomic E-state index is 12.7. The van der Waals surface area contributed by atoms with E-state index in [1.807, 2.05) is 30.3 Å². The highest BCUT2D eigenvalue weighted by Crippen LogP contribution is 2.25. The fourth-order valence-corrected chi connectivity index (χ4v) is 4.36. The van der Waals surface area contributed by atoms with Crippen molar-refractivity contribution in [3.05, 3.63) is 99.8 Å². The van der Waals surface area contributed by atoms with Gasteiger partial charge in [-0.25, -0.2) is 4.79 Å². The number of carboxylic acids is 1. The van der Waals surface area contributed by atoms with Crippen molar-refractivity contribution in [3.8, 4) is 0 Å². The number of thiazole rings is 1. The van der Waals surface area contributed by atoms with Crippen molar-refractivity contribution in [3.63, 3.8) is 0 Å². The van der Waals surface area contributed by atoms with Gasteiger partial charge in [-0.3, -0.25) is 9.36 Å². The average Bonchev–Trinajstić information content (AvgIpc) is 3.06. The summed E-state index contributed by atoms with van der Waals surface area (Å²) in [7, 11) is 0. The van der Waals surface area contributed by atoms with Crippen molar-refractivity contribution in [2.24, 2.45) is 4.99 Å². The Kier molecular flexibility index (Phi) is 5.29. The normalized spacial score (nSPS) is 12.8. The highest BCUT2D eigenvalue weighted by molar-refractivity contribution is 7.16. The molecule has 1 aromatic heterocycles. The van der Waals surface area contributed by atoms with Gasteiger partial charge in [0.1, 0.15) is 0 Å². The van der Waals surface area contributed by atoms with Crippen molar-refractivity contribution in [1.82, 2.24) is 4.57 Å². The quantitative estimate of drug-likeness (QED) is 0.514. The van der Waals surface area contributed by atoms with Crippen LogP contribution in [0.4, 0.5) is 0 Å². The van der Waals surface area contributed by atoms with Gasteiger partial charge in [0.25, 0.3) is 5.91 Å². The molecule has 29 heavy (non-hydrogen) atoms. The number of rotatable bonds is 4. The lowest BCUT2D eigenvalue weighted by atomic mass is 10.1. The van der Waals surface area contributed by atoms with E-state index in [4.69, 9.17) is 11.6 Å². The molecule has 4 rings (SSSR count). The summed E-state index contributed by atoms with van der Waals surface area (Å²) >= 11 is 7.26. The molecule has 144 valence electrons. The summed E-state index contributed by atoms with van der Waals surface area (Å²) in [6.07, 6.45) is 0. The van der Waals surface area contributed by atoms with Crippen molar-refractivity contribution in [1.29, 1.82) is 0 Å². The molecule has 5 nitrogen and oxygen atoms in total. The molecule has 0 aliphatic heterocycles. The highest BCUT2D eigenvalue weighted by Gasteiger charge is 2.25. The second kappa shape index (κ2) is 8.03. The van der Waals surface area contributed by atoms with E-state index >= 15 is 0 Å². The number of hydrogen-bond donors (Lipinski definition) is 1. The van der Waals surface area contributed by atoms with Crippen LogP contribution in [0.15, 0.2) is 83.9 Å². The van der Waals surface area contributed by atoms with Crippen molar-refractivity contribution in [2.45, 2.75) is 6.04 Å². The summed E-state index contributed by atoms with van der Waals surface area (Å²) in [6.45, 7) is 0. The van der Waals surface area contributed by atoms with Gasteiger partial charge in [-0.2, -0.15) is 4.99 Å². The van der Waals surface area contributed by atoms with Crippen LogP contribution in [-0.4, -0.2) is 21.6 Å². The summed E-state index contributed by atoms with van der Waals surface area (Å²) in [6, 6.07) is 21.8. The van der Waals surface area contributed by atoms with Crippen LogP contribution in [0.3, 0.4) is 0 Å². The van der Waals surface area contributed by atoms with Crippen LogP contribution < -0.4 is 4.80 Å². The Bertz CT molecular complexity index is 1280. The van der Waals surface area contributed by atoms with E-state index in [9.17, 15) is 14.7 Å². The van der Waals surface area contributed by atoms with Crippen LogP contribution in [0, 0.1) is 0 Å². The number of para-hydroxylation sites is 1. The van der Waals surface area contributed by atoms with E-state index in [0.29, 0.717) is 26.5 Å². The number of aliphatic carboxylic acids is 1. The molecule has 0 saturated heterocycles. The number of carboxylic acid groups (broad SMARTS) is 1. The van der Waals surface area contributed by atoms with Gasteiger partial charge in [-0.1, -0.05) is 71.5 Å². The summed E-state index contributed by atoms with van der Waals surface area (Å²) < 4.78 is 2.44. The molecule has 0 fully saturated rings. The van der Waals surface area contributed by atoms with Gasteiger partial charge >= 0.3 is 5.97 Å². The van der Waals surface area contributed by atoms with Crippen LogP contribution in [0.2, 0.25) is 5.02 Å². The standard InChI is InChI=1S/C22H15ClN2O3S/c23-16-10-6-9-15(13-16)20(26)24-22-25(17-11-4-5-12-18(17)29-22)19(21(27)28)14-7-2-1-3-8-14/h1-13,19H,(H,27,28). The lowest BCUT2D eigenvalue weighted by molar-refractivity contribution is -0.139. The second-order valence-electron chi connectivity index (χ2n) is 6.30. The van der Waals surface area contributed by atoms with Crippen molar-refractivity contribution < 1.29 is 14.7 Å². The Morgan fingerprint density at radius 1 is 0.966 bits per heavy atom. The van der Waals surface area contributed by atoms with Gasteiger partial charge in [0, 0.05) is 10.6 Å². The number of carbonyl (C=O) groups is 2. The summed E-state index contributed by atoms with van der Waals surface area (Å²) in [5.74, 6) is -1.51. The molecule has 0 bridgehead atoms.